The summed E-state index contributed by atoms with van der Waals surface area (Å²) in [7, 11) is 0. The molecule has 5 nitrogen and oxygen atoms in total. The van der Waals surface area contributed by atoms with Crippen LogP contribution in [0, 0.1) is 0 Å². The van der Waals surface area contributed by atoms with Gasteiger partial charge < -0.3 is 10.7 Å². The fourth-order valence-electron chi connectivity index (χ4n) is 2.76. The van der Waals surface area contributed by atoms with E-state index >= 15 is 0 Å². The molecule has 0 fully saturated rings. The van der Waals surface area contributed by atoms with Crippen LogP contribution in [0.25, 0.3) is 0 Å². The Labute approximate surface area is 123 Å². The predicted octanol–water partition coefficient (Wildman–Crippen LogP) is 2.17. The van der Waals surface area contributed by atoms with Crippen LogP contribution in [0.1, 0.15) is 40.4 Å². The number of hydrogen-bond donors (Lipinski definition) is 3. The summed E-state index contributed by atoms with van der Waals surface area (Å²) in [6.07, 6.45) is 4.68. The molecule has 0 saturated carbocycles. The molecule has 0 saturated heterocycles. The highest BCUT2D eigenvalue weighted by Gasteiger charge is 2.21. The maximum Gasteiger partial charge on any atom is 0.253 e. The van der Waals surface area contributed by atoms with Crippen molar-refractivity contribution in [3.8, 4) is 0 Å². The number of nitrogen functional groups attached to an aromatic ring is 1. The Morgan fingerprint density at radius 1 is 1.24 bits per heavy atom. The number of rotatable bonds is 3. The highest BCUT2D eigenvalue weighted by molar-refractivity contribution is 5.94. The highest BCUT2D eigenvalue weighted by atomic mass is 16.1. The smallest absolute Gasteiger partial charge is 0.253 e. The van der Waals surface area contributed by atoms with Crippen molar-refractivity contribution in [3.63, 3.8) is 0 Å². The summed E-state index contributed by atoms with van der Waals surface area (Å²) in [5.41, 5.74) is 5.54. The SMILES string of the molecule is NNc1ccc(C(=O)NC2CCCc3ccccc32)cn1. The molecule has 108 valence electrons. The van der Waals surface area contributed by atoms with Gasteiger partial charge in [-0.25, -0.2) is 10.8 Å². The summed E-state index contributed by atoms with van der Waals surface area (Å²) in [6, 6.07) is 11.8. The molecule has 1 aliphatic carbocycles. The van der Waals surface area contributed by atoms with E-state index in [0.29, 0.717) is 11.4 Å². The molecule has 1 atom stereocenters. The third-order valence-electron chi connectivity index (χ3n) is 3.85. The number of pyridine rings is 1. The summed E-state index contributed by atoms with van der Waals surface area (Å²) < 4.78 is 0. The molecular weight excluding hydrogens is 264 g/mol. The molecule has 1 amide bonds. The van der Waals surface area contributed by atoms with Gasteiger partial charge in [0.05, 0.1) is 11.6 Å². The van der Waals surface area contributed by atoms with E-state index in [0.717, 1.165) is 19.3 Å². The number of nitrogens with one attached hydrogen (secondary N) is 2. The zero-order valence-electron chi connectivity index (χ0n) is 11.7. The minimum atomic E-state index is -0.104. The zero-order valence-corrected chi connectivity index (χ0v) is 11.7. The normalized spacial score (nSPS) is 16.9. The minimum Gasteiger partial charge on any atom is -0.345 e. The molecule has 1 unspecified atom stereocenters. The van der Waals surface area contributed by atoms with E-state index in [9.17, 15) is 4.79 Å². The van der Waals surface area contributed by atoms with E-state index in [2.05, 4.69) is 27.9 Å². The van der Waals surface area contributed by atoms with Gasteiger partial charge in [-0.3, -0.25) is 4.79 Å². The first-order valence-corrected chi connectivity index (χ1v) is 7.09. The molecule has 1 aliphatic rings. The van der Waals surface area contributed by atoms with E-state index in [-0.39, 0.29) is 11.9 Å². The lowest BCUT2D eigenvalue weighted by molar-refractivity contribution is 0.0932. The number of amides is 1. The van der Waals surface area contributed by atoms with Crippen molar-refractivity contribution in [2.24, 2.45) is 5.84 Å². The van der Waals surface area contributed by atoms with Gasteiger partial charge in [-0.2, -0.15) is 0 Å². The summed E-state index contributed by atoms with van der Waals surface area (Å²) in [6.45, 7) is 0. The lowest BCUT2D eigenvalue weighted by Gasteiger charge is -2.26. The molecule has 3 rings (SSSR count). The van der Waals surface area contributed by atoms with Crippen molar-refractivity contribution in [3.05, 3.63) is 59.3 Å². The second-order valence-corrected chi connectivity index (χ2v) is 5.19. The van der Waals surface area contributed by atoms with Crippen molar-refractivity contribution in [1.29, 1.82) is 0 Å². The molecule has 5 heteroatoms. The van der Waals surface area contributed by atoms with Gasteiger partial charge in [0.15, 0.2) is 0 Å². The van der Waals surface area contributed by atoms with Gasteiger partial charge in [0.2, 0.25) is 0 Å². The summed E-state index contributed by atoms with van der Waals surface area (Å²) in [5.74, 6) is 5.70. The number of fused-ring (bicyclic) bond motifs is 1. The first kappa shape index (κ1) is 13.6. The summed E-state index contributed by atoms with van der Waals surface area (Å²) in [4.78, 5) is 16.4. The minimum absolute atomic E-state index is 0.0785. The zero-order chi connectivity index (χ0) is 14.7. The monoisotopic (exact) mass is 282 g/mol. The summed E-state index contributed by atoms with van der Waals surface area (Å²) in [5, 5.41) is 3.10. The molecule has 4 N–H and O–H groups in total. The number of carbonyl (C=O) groups is 1. The molecule has 1 aromatic carbocycles. The lowest BCUT2D eigenvalue weighted by Crippen LogP contribution is -2.31. The Kier molecular flexibility index (Phi) is 3.83. The Morgan fingerprint density at radius 3 is 2.86 bits per heavy atom. The lowest BCUT2D eigenvalue weighted by atomic mass is 9.87. The Balaban J connectivity index is 1.76. The summed E-state index contributed by atoms with van der Waals surface area (Å²) >= 11 is 0. The Hall–Kier alpha value is -2.40. The van der Waals surface area contributed by atoms with E-state index in [1.807, 2.05) is 12.1 Å². The van der Waals surface area contributed by atoms with Crippen molar-refractivity contribution in [1.82, 2.24) is 10.3 Å². The van der Waals surface area contributed by atoms with E-state index in [4.69, 9.17) is 5.84 Å². The molecular formula is C16H18N4O. The van der Waals surface area contributed by atoms with Gasteiger partial charge in [-0.15, -0.1) is 0 Å². The number of anilines is 1. The predicted molar refractivity (Wildman–Crippen MR) is 81.6 cm³/mol. The van der Waals surface area contributed by atoms with Crippen LogP contribution in [0.3, 0.4) is 0 Å². The molecule has 0 spiro atoms. The highest BCUT2D eigenvalue weighted by Crippen LogP contribution is 2.29. The topological polar surface area (TPSA) is 80.0 Å². The van der Waals surface area contributed by atoms with E-state index in [1.54, 1.807) is 12.1 Å². The van der Waals surface area contributed by atoms with Crippen LogP contribution in [0.4, 0.5) is 5.82 Å². The number of hydrogen-bond acceptors (Lipinski definition) is 4. The standard InChI is InChI=1S/C16H18N4O/c17-20-15-9-8-12(10-18-15)16(21)19-14-7-3-5-11-4-1-2-6-13(11)14/h1-2,4,6,8-10,14H,3,5,7,17H2,(H,18,20)(H,19,21). The first-order chi connectivity index (χ1) is 10.3. The fourth-order valence-corrected chi connectivity index (χ4v) is 2.76. The maximum atomic E-state index is 12.3. The van der Waals surface area contributed by atoms with Crippen LogP contribution < -0.4 is 16.6 Å². The molecule has 1 aromatic heterocycles. The first-order valence-electron chi connectivity index (χ1n) is 7.09. The maximum absolute atomic E-state index is 12.3. The Morgan fingerprint density at radius 2 is 2.10 bits per heavy atom. The van der Waals surface area contributed by atoms with Crippen LogP contribution in [0.2, 0.25) is 0 Å². The average Bonchev–Trinajstić information content (AvgIpc) is 2.55. The fraction of sp³-hybridized carbons (Fsp3) is 0.250. The molecule has 1 heterocycles. The number of nitrogens with zero attached hydrogens (tertiary/aromatic N) is 1. The van der Waals surface area contributed by atoms with Gasteiger partial charge in [0.1, 0.15) is 5.82 Å². The van der Waals surface area contributed by atoms with Crippen molar-refractivity contribution in [2.45, 2.75) is 25.3 Å². The van der Waals surface area contributed by atoms with Crippen LogP contribution in [0.15, 0.2) is 42.6 Å². The van der Waals surface area contributed by atoms with Gasteiger partial charge in [-0.1, -0.05) is 24.3 Å². The second-order valence-electron chi connectivity index (χ2n) is 5.19. The number of aryl methyl sites for hydroxylation is 1. The van der Waals surface area contributed by atoms with E-state index in [1.165, 1.54) is 17.3 Å². The van der Waals surface area contributed by atoms with Crippen molar-refractivity contribution in [2.75, 3.05) is 5.43 Å². The number of aromatic nitrogens is 1. The molecule has 0 radical (unpaired) electrons. The number of benzene rings is 1. The number of carbonyl (C=O) groups excluding carboxylic acids is 1. The van der Waals surface area contributed by atoms with Crippen LogP contribution >= 0.6 is 0 Å². The van der Waals surface area contributed by atoms with E-state index < -0.39 is 0 Å². The molecule has 0 aliphatic heterocycles. The number of nitrogens with two attached hydrogens (primary N) is 1. The van der Waals surface area contributed by atoms with Crippen LogP contribution in [-0.2, 0) is 6.42 Å². The quantitative estimate of drug-likeness (QED) is 0.595. The van der Waals surface area contributed by atoms with Gasteiger partial charge in [0.25, 0.3) is 5.91 Å². The second kappa shape index (κ2) is 5.93. The third kappa shape index (κ3) is 2.87. The van der Waals surface area contributed by atoms with Gasteiger partial charge in [-0.05, 0) is 42.5 Å². The molecule has 0 bridgehead atoms. The van der Waals surface area contributed by atoms with Crippen molar-refractivity contribution < 1.29 is 4.79 Å². The van der Waals surface area contributed by atoms with Crippen molar-refractivity contribution >= 4 is 11.7 Å². The van der Waals surface area contributed by atoms with Crippen LogP contribution in [-0.4, -0.2) is 10.9 Å². The largest absolute Gasteiger partial charge is 0.345 e. The number of hydrazine groups is 1. The van der Waals surface area contributed by atoms with Crippen LogP contribution in [0.5, 0.6) is 0 Å². The molecule has 21 heavy (non-hydrogen) atoms. The third-order valence-corrected chi connectivity index (χ3v) is 3.85. The molecule has 2 aromatic rings. The average molecular weight is 282 g/mol. The van der Waals surface area contributed by atoms with Gasteiger partial charge >= 0.3 is 0 Å². The van der Waals surface area contributed by atoms with Gasteiger partial charge in [0, 0.05) is 6.20 Å². The Bertz CT molecular complexity index is 639.